The second kappa shape index (κ2) is 10.4. The third-order valence-corrected chi connectivity index (χ3v) is 3.35. The van der Waals surface area contributed by atoms with Gasteiger partial charge in [-0.3, -0.25) is 4.79 Å². The predicted molar refractivity (Wildman–Crippen MR) is 82.4 cm³/mol. The number of carbonyl (C=O) groups is 2. The van der Waals surface area contributed by atoms with E-state index in [2.05, 4.69) is 13.8 Å². The van der Waals surface area contributed by atoms with Crippen molar-refractivity contribution < 1.29 is 19.4 Å². The minimum absolute atomic E-state index is 0.138. The molecule has 0 aliphatic heterocycles. The zero-order valence-electron chi connectivity index (χ0n) is 14.0. The molecule has 0 aromatic carbocycles. The summed E-state index contributed by atoms with van der Waals surface area (Å²) in [7, 11) is 1.54. The van der Waals surface area contributed by atoms with E-state index in [0.29, 0.717) is 19.1 Å². The van der Waals surface area contributed by atoms with Crippen molar-refractivity contribution in [1.29, 1.82) is 0 Å². The number of methoxy groups -OCH3 is 1. The van der Waals surface area contributed by atoms with E-state index in [-0.39, 0.29) is 25.2 Å². The number of hydrogen-bond acceptors (Lipinski definition) is 3. The van der Waals surface area contributed by atoms with Crippen molar-refractivity contribution in [2.24, 2.45) is 5.92 Å². The maximum Gasteiger partial charge on any atom is 0.323 e. The maximum atomic E-state index is 12.7. The fourth-order valence-corrected chi connectivity index (χ4v) is 2.29. The molecule has 0 aliphatic carbocycles. The smallest absolute Gasteiger partial charge is 0.323 e. The number of amides is 2. The number of carboxylic acid groups (broad SMARTS) is 1. The number of ether oxygens (including phenoxy) is 1. The lowest BCUT2D eigenvalue weighted by atomic mass is 10.1. The average Bonchev–Trinajstić information content (AvgIpc) is 2.42. The maximum absolute atomic E-state index is 12.7. The van der Waals surface area contributed by atoms with Gasteiger partial charge in [-0.05, 0) is 18.8 Å². The van der Waals surface area contributed by atoms with E-state index < -0.39 is 5.97 Å². The van der Waals surface area contributed by atoms with Crippen LogP contribution in [0.5, 0.6) is 0 Å². The Bertz CT molecular complexity index is 317. The number of aliphatic carboxylic acids is 1. The van der Waals surface area contributed by atoms with Gasteiger partial charge in [-0.1, -0.05) is 27.7 Å². The molecule has 21 heavy (non-hydrogen) atoms. The molecule has 0 spiro atoms. The second-order valence-electron chi connectivity index (χ2n) is 5.61. The van der Waals surface area contributed by atoms with E-state index in [9.17, 15) is 9.59 Å². The lowest BCUT2D eigenvalue weighted by Crippen LogP contribution is -2.51. The minimum atomic E-state index is -1.01. The van der Waals surface area contributed by atoms with Crippen molar-refractivity contribution >= 4 is 12.0 Å². The van der Waals surface area contributed by atoms with Gasteiger partial charge in [-0.15, -0.1) is 0 Å². The lowest BCUT2D eigenvalue weighted by molar-refractivity contribution is -0.137. The van der Waals surface area contributed by atoms with Crippen molar-refractivity contribution in [2.45, 2.75) is 46.6 Å². The van der Waals surface area contributed by atoms with Gasteiger partial charge in [0.1, 0.15) is 6.54 Å². The number of hydrogen-bond donors (Lipinski definition) is 1. The largest absolute Gasteiger partial charge is 0.480 e. The van der Waals surface area contributed by atoms with Crippen molar-refractivity contribution in [3.63, 3.8) is 0 Å². The Morgan fingerprint density at radius 2 is 1.76 bits per heavy atom. The van der Waals surface area contributed by atoms with E-state index in [1.54, 1.807) is 0 Å². The summed E-state index contributed by atoms with van der Waals surface area (Å²) in [4.78, 5) is 26.9. The van der Waals surface area contributed by atoms with E-state index in [4.69, 9.17) is 9.84 Å². The quantitative estimate of drug-likeness (QED) is 0.672. The average molecular weight is 302 g/mol. The monoisotopic (exact) mass is 302 g/mol. The molecule has 0 bridgehead atoms. The fourth-order valence-electron chi connectivity index (χ4n) is 2.29. The van der Waals surface area contributed by atoms with Gasteiger partial charge in [0.25, 0.3) is 0 Å². The Labute approximate surface area is 128 Å². The molecule has 0 radical (unpaired) electrons. The number of nitrogens with zero attached hydrogens (tertiary/aromatic N) is 2. The van der Waals surface area contributed by atoms with Crippen LogP contribution in [0.3, 0.4) is 0 Å². The van der Waals surface area contributed by atoms with Crippen LogP contribution < -0.4 is 0 Å². The Morgan fingerprint density at radius 1 is 1.19 bits per heavy atom. The molecule has 6 heteroatoms. The summed E-state index contributed by atoms with van der Waals surface area (Å²) in [5.74, 6) is -0.669. The molecule has 0 aliphatic rings. The molecule has 0 saturated heterocycles. The minimum Gasteiger partial charge on any atom is -0.480 e. The van der Waals surface area contributed by atoms with Gasteiger partial charge in [0.2, 0.25) is 0 Å². The molecule has 0 atom stereocenters. The van der Waals surface area contributed by atoms with Crippen LogP contribution >= 0.6 is 0 Å². The first-order chi connectivity index (χ1) is 9.87. The van der Waals surface area contributed by atoms with Crippen LogP contribution in [0.2, 0.25) is 0 Å². The molecule has 0 aromatic heterocycles. The highest BCUT2D eigenvalue weighted by atomic mass is 16.5. The van der Waals surface area contributed by atoms with Crippen LogP contribution in [0, 0.1) is 5.92 Å². The first kappa shape index (κ1) is 19.7. The van der Waals surface area contributed by atoms with Crippen molar-refractivity contribution in [1.82, 2.24) is 9.80 Å². The highest BCUT2D eigenvalue weighted by molar-refractivity contribution is 5.80. The van der Waals surface area contributed by atoms with Crippen LogP contribution in [0.25, 0.3) is 0 Å². The SMILES string of the molecule is CCC(CC)N(CC(C)C)C(=O)N(CCOC)CC(=O)O. The Balaban J connectivity index is 5.10. The summed E-state index contributed by atoms with van der Waals surface area (Å²) >= 11 is 0. The summed E-state index contributed by atoms with van der Waals surface area (Å²) in [6, 6.07) is -0.0735. The Kier molecular flexibility index (Phi) is 9.78. The van der Waals surface area contributed by atoms with Gasteiger partial charge in [-0.2, -0.15) is 0 Å². The third-order valence-electron chi connectivity index (χ3n) is 3.35. The van der Waals surface area contributed by atoms with Gasteiger partial charge >= 0.3 is 12.0 Å². The number of rotatable bonds is 10. The third kappa shape index (κ3) is 7.32. The zero-order chi connectivity index (χ0) is 16.4. The molecule has 0 saturated carbocycles. The highest BCUT2D eigenvalue weighted by Gasteiger charge is 2.27. The number of urea groups is 1. The molecule has 2 amide bonds. The van der Waals surface area contributed by atoms with Gasteiger partial charge in [0.15, 0.2) is 0 Å². The van der Waals surface area contributed by atoms with Crippen LogP contribution in [-0.4, -0.2) is 66.3 Å². The van der Waals surface area contributed by atoms with E-state index in [1.807, 2.05) is 18.7 Å². The molecular formula is C15H30N2O4. The normalized spacial score (nSPS) is 11.0. The van der Waals surface area contributed by atoms with Crippen LogP contribution in [0.1, 0.15) is 40.5 Å². The molecule has 0 rings (SSSR count). The van der Waals surface area contributed by atoms with Gasteiger partial charge < -0.3 is 19.6 Å². The molecule has 0 fully saturated rings. The first-order valence-electron chi connectivity index (χ1n) is 7.63. The lowest BCUT2D eigenvalue weighted by Gasteiger charge is -2.36. The van der Waals surface area contributed by atoms with Crippen molar-refractivity contribution in [3.05, 3.63) is 0 Å². The summed E-state index contributed by atoms with van der Waals surface area (Å²) in [5, 5.41) is 9.00. The highest BCUT2D eigenvalue weighted by Crippen LogP contribution is 2.14. The van der Waals surface area contributed by atoms with E-state index in [1.165, 1.54) is 12.0 Å². The summed E-state index contributed by atoms with van der Waals surface area (Å²) in [6.07, 6.45) is 1.72. The second-order valence-corrected chi connectivity index (χ2v) is 5.61. The molecule has 0 heterocycles. The number of carboxylic acids is 1. The molecule has 0 aromatic rings. The molecule has 1 N–H and O–H groups in total. The van der Waals surface area contributed by atoms with Gasteiger partial charge in [0.05, 0.1) is 6.61 Å². The zero-order valence-corrected chi connectivity index (χ0v) is 14.0. The topological polar surface area (TPSA) is 70.1 Å². The van der Waals surface area contributed by atoms with Gasteiger partial charge in [-0.25, -0.2) is 4.79 Å². The summed E-state index contributed by atoms with van der Waals surface area (Å²) in [6.45, 7) is 9.16. The Hall–Kier alpha value is -1.30. The van der Waals surface area contributed by atoms with Gasteiger partial charge in [0, 0.05) is 26.2 Å². The first-order valence-corrected chi connectivity index (χ1v) is 7.63. The van der Waals surface area contributed by atoms with Crippen LogP contribution in [-0.2, 0) is 9.53 Å². The van der Waals surface area contributed by atoms with Crippen molar-refractivity contribution in [3.8, 4) is 0 Å². The van der Waals surface area contributed by atoms with Crippen LogP contribution in [0.4, 0.5) is 4.79 Å². The predicted octanol–water partition coefficient (Wildman–Crippen LogP) is 2.29. The fraction of sp³-hybridized carbons (Fsp3) is 0.867. The number of carbonyl (C=O) groups excluding carboxylic acids is 1. The van der Waals surface area contributed by atoms with Crippen molar-refractivity contribution in [2.75, 3.05) is 33.4 Å². The molecule has 6 nitrogen and oxygen atoms in total. The summed E-state index contributed by atoms with van der Waals surface area (Å²) in [5.41, 5.74) is 0. The van der Waals surface area contributed by atoms with E-state index >= 15 is 0 Å². The van der Waals surface area contributed by atoms with E-state index in [0.717, 1.165) is 12.8 Å². The molecular weight excluding hydrogens is 272 g/mol. The Morgan fingerprint density at radius 3 is 2.14 bits per heavy atom. The molecule has 0 unspecified atom stereocenters. The molecule has 124 valence electrons. The summed E-state index contributed by atoms with van der Waals surface area (Å²) < 4.78 is 4.97. The standard InChI is InChI=1S/C15H30N2O4/c1-6-13(7-2)17(10-12(3)4)15(20)16(8-9-21-5)11-14(18)19/h12-13H,6-11H2,1-5H3,(H,18,19). The van der Waals surface area contributed by atoms with Crippen LogP contribution in [0.15, 0.2) is 0 Å².